The maximum absolute atomic E-state index is 5.90. The average molecular weight is 305 g/mol. The zero-order chi connectivity index (χ0) is 15.2. The second kappa shape index (κ2) is 7.31. The van der Waals surface area contributed by atoms with E-state index >= 15 is 0 Å². The number of aromatic nitrogens is 1. The van der Waals surface area contributed by atoms with Crippen LogP contribution in [0.2, 0.25) is 0 Å². The Morgan fingerprint density at radius 3 is 2.76 bits per heavy atom. The lowest BCUT2D eigenvalue weighted by atomic mass is 10.1. The SMILES string of the molecule is CC(C)COc1nc(NC(C)Cc2ccsc2)ccc1N. The summed E-state index contributed by atoms with van der Waals surface area (Å²) in [4.78, 5) is 4.46. The van der Waals surface area contributed by atoms with E-state index in [-0.39, 0.29) is 0 Å². The van der Waals surface area contributed by atoms with Crippen molar-refractivity contribution in [3.05, 3.63) is 34.5 Å². The third kappa shape index (κ3) is 4.93. The lowest BCUT2D eigenvalue weighted by Crippen LogP contribution is -2.19. The number of nitrogen functional groups attached to an aromatic ring is 1. The molecule has 0 saturated carbocycles. The molecule has 0 spiro atoms. The number of hydrogen-bond acceptors (Lipinski definition) is 5. The van der Waals surface area contributed by atoms with Gasteiger partial charge in [-0.2, -0.15) is 16.3 Å². The van der Waals surface area contributed by atoms with Gasteiger partial charge in [0.15, 0.2) is 0 Å². The van der Waals surface area contributed by atoms with Gasteiger partial charge in [-0.1, -0.05) is 13.8 Å². The van der Waals surface area contributed by atoms with Crippen molar-refractivity contribution in [2.45, 2.75) is 33.2 Å². The predicted octanol–water partition coefficient (Wildman–Crippen LogP) is 3.80. The van der Waals surface area contributed by atoms with Crippen molar-refractivity contribution in [3.63, 3.8) is 0 Å². The Morgan fingerprint density at radius 2 is 2.10 bits per heavy atom. The van der Waals surface area contributed by atoms with E-state index in [4.69, 9.17) is 10.5 Å². The van der Waals surface area contributed by atoms with Crippen LogP contribution in [0.25, 0.3) is 0 Å². The molecule has 0 bridgehead atoms. The van der Waals surface area contributed by atoms with E-state index in [0.29, 0.717) is 30.1 Å². The van der Waals surface area contributed by atoms with Crippen molar-refractivity contribution < 1.29 is 4.74 Å². The summed E-state index contributed by atoms with van der Waals surface area (Å²) in [5, 5.41) is 7.66. The number of nitrogens with zero attached hydrogens (tertiary/aromatic N) is 1. The summed E-state index contributed by atoms with van der Waals surface area (Å²) < 4.78 is 5.65. The largest absolute Gasteiger partial charge is 0.476 e. The molecule has 2 rings (SSSR count). The van der Waals surface area contributed by atoms with Crippen LogP contribution in [0.15, 0.2) is 29.0 Å². The Hall–Kier alpha value is -1.75. The highest BCUT2D eigenvalue weighted by atomic mass is 32.1. The maximum atomic E-state index is 5.90. The van der Waals surface area contributed by atoms with Gasteiger partial charge in [0, 0.05) is 6.04 Å². The molecule has 0 amide bonds. The van der Waals surface area contributed by atoms with Gasteiger partial charge in [-0.05, 0) is 53.8 Å². The molecular formula is C16H23N3OS. The lowest BCUT2D eigenvalue weighted by Gasteiger charge is -2.16. The van der Waals surface area contributed by atoms with Crippen LogP contribution >= 0.6 is 11.3 Å². The Labute approximate surface area is 130 Å². The van der Waals surface area contributed by atoms with Gasteiger partial charge in [0.2, 0.25) is 5.88 Å². The van der Waals surface area contributed by atoms with E-state index in [9.17, 15) is 0 Å². The summed E-state index contributed by atoms with van der Waals surface area (Å²) in [5.41, 5.74) is 7.82. The first-order valence-electron chi connectivity index (χ1n) is 7.21. The highest BCUT2D eigenvalue weighted by Gasteiger charge is 2.09. The highest BCUT2D eigenvalue weighted by molar-refractivity contribution is 7.07. The first kappa shape index (κ1) is 15.6. The molecule has 0 aliphatic carbocycles. The molecule has 4 nitrogen and oxygen atoms in total. The van der Waals surface area contributed by atoms with Crippen molar-refractivity contribution >= 4 is 22.8 Å². The van der Waals surface area contributed by atoms with Crippen LogP contribution in [0.3, 0.4) is 0 Å². The molecule has 3 N–H and O–H groups in total. The zero-order valence-corrected chi connectivity index (χ0v) is 13.6. The van der Waals surface area contributed by atoms with Crippen molar-refractivity contribution in [2.24, 2.45) is 5.92 Å². The minimum atomic E-state index is 0.300. The van der Waals surface area contributed by atoms with Crippen molar-refractivity contribution in [3.8, 4) is 5.88 Å². The smallest absolute Gasteiger partial charge is 0.239 e. The fraction of sp³-hybridized carbons (Fsp3) is 0.438. The van der Waals surface area contributed by atoms with Crippen molar-refractivity contribution in [1.29, 1.82) is 0 Å². The summed E-state index contributed by atoms with van der Waals surface area (Å²) in [6.07, 6.45) is 0.970. The molecule has 5 heteroatoms. The van der Waals surface area contributed by atoms with E-state index < -0.39 is 0 Å². The van der Waals surface area contributed by atoms with E-state index in [1.165, 1.54) is 5.56 Å². The van der Waals surface area contributed by atoms with Gasteiger partial charge in [-0.3, -0.25) is 0 Å². The summed E-state index contributed by atoms with van der Waals surface area (Å²) in [6, 6.07) is 6.18. The van der Waals surface area contributed by atoms with Gasteiger partial charge < -0.3 is 15.8 Å². The van der Waals surface area contributed by atoms with E-state index in [1.807, 2.05) is 12.1 Å². The van der Waals surface area contributed by atoms with Crippen LogP contribution in [0.5, 0.6) is 5.88 Å². The van der Waals surface area contributed by atoms with Crippen molar-refractivity contribution in [1.82, 2.24) is 4.98 Å². The lowest BCUT2D eigenvalue weighted by molar-refractivity contribution is 0.263. The van der Waals surface area contributed by atoms with E-state index in [1.54, 1.807) is 11.3 Å². The number of hydrogen-bond donors (Lipinski definition) is 2. The Kier molecular flexibility index (Phi) is 5.44. The molecule has 1 atom stereocenters. The average Bonchev–Trinajstić information content (AvgIpc) is 2.92. The van der Waals surface area contributed by atoms with Gasteiger partial charge in [-0.25, -0.2) is 0 Å². The third-order valence-electron chi connectivity index (χ3n) is 2.96. The van der Waals surface area contributed by atoms with Gasteiger partial charge in [0.25, 0.3) is 0 Å². The molecule has 0 saturated heterocycles. The molecule has 2 aromatic heterocycles. The predicted molar refractivity (Wildman–Crippen MR) is 90.1 cm³/mol. The monoisotopic (exact) mass is 305 g/mol. The number of rotatable bonds is 7. The summed E-state index contributed by atoms with van der Waals surface area (Å²) >= 11 is 1.72. The number of anilines is 2. The molecule has 2 heterocycles. The molecule has 0 aromatic carbocycles. The summed E-state index contributed by atoms with van der Waals surface area (Å²) in [6.45, 7) is 6.96. The first-order valence-corrected chi connectivity index (χ1v) is 8.16. The molecule has 21 heavy (non-hydrogen) atoms. The van der Waals surface area contributed by atoms with Crippen LogP contribution < -0.4 is 15.8 Å². The fourth-order valence-electron chi connectivity index (χ4n) is 1.96. The van der Waals surface area contributed by atoms with Gasteiger partial charge in [0.05, 0.1) is 12.3 Å². The topological polar surface area (TPSA) is 60.2 Å². The summed E-state index contributed by atoms with van der Waals surface area (Å²) in [5.74, 6) is 1.75. The van der Waals surface area contributed by atoms with Crippen LogP contribution in [-0.2, 0) is 6.42 Å². The standard InChI is InChI=1S/C16H23N3OS/c1-11(2)9-20-16-14(17)4-5-15(19-16)18-12(3)8-13-6-7-21-10-13/h4-7,10-12H,8-9,17H2,1-3H3,(H,18,19). The second-order valence-electron chi connectivity index (χ2n) is 5.68. The molecule has 0 fully saturated rings. The van der Waals surface area contributed by atoms with E-state index in [2.05, 4.69) is 47.9 Å². The molecule has 0 radical (unpaired) electrons. The van der Waals surface area contributed by atoms with Gasteiger partial charge in [0.1, 0.15) is 5.82 Å². The molecule has 1 unspecified atom stereocenters. The Morgan fingerprint density at radius 1 is 1.29 bits per heavy atom. The van der Waals surface area contributed by atoms with Crippen LogP contribution in [0.1, 0.15) is 26.3 Å². The summed E-state index contributed by atoms with van der Waals surface area (Å²) in [7, 11) is 0. The Balaban J connectivity index is 1.97. The quantitative estimate of drug-likeness (QED) is 0.817. The third-order valence-corrected chi connectivity index (χ3v) is 3.69. The molecule has 0 aliphatic rings. The first-order chi connectivity index (χ1) is 10.0. The number of nitrogens with two attached hydrogens (primary N) is 1. The van der Waals surface area contributed by atoms with Gasteiger partial charge in [-0.15, -0.1) is 0 Å². The van der Waals surface area contributed by atoms with Crippen LogP contribution in [-0.4, -0.2) is 17.6 Å². The zero-order valence-electron chi connectivity index (χ0n) is 12.8. The minimum Gasteiger partial charge on any atom is -0.476 e. The normalized spacial score (nSPS) is 12.4. The highest BCUT2D eigenvalue weighted by Crippen LogP contribution is 2.22. The van der Waals surface area contributed by atoms with Gasteiger partial charge >= 0.3 is 0 Å². The molecule has 2 aromatic rings. The van der Waals surface area contributed by atoms with E-state index in [0.717, 1.165) is 12.2 Å². The maximum Gasteiger partial charge on any atom is 0.239 e. The molecule has 0 aliphatic heterocycles. The number of nitrogens with one attached hydrogen (secondary N) is 1. The van der Waals surface area contributed by atoms with Crippen LogP contribution in [0.4, 0.5) is 11.5 Å². The number of thiophene rings is 1. The van der Waals surface area contributed by atoms with Crippen LogP contribution in [0, 0.1) is 5.92 Å². The minimum absolute atomic E-state index is 0.300. The second-order valence-corrected chi connectivity index (χ2v) is 6.46. The number of pyridine rings is 1. The Bertz CT molecular complexity index is 555. The number of ether oxygens (including phenoxy) is 1. The fourth-order valence-corrected chi connectivity index (χ4v) is 2.64. The molecular weight excluding hydrogens is 282 g/mol. The molecule has 114 valence electrons. The van der Waals surface area contributed by atoms with Crippen molar-refractivity contribution in [2.75, 3.05) is 17.7 Å².